The molecule has 1 aliphatic rings. The molecule has 0 saturated carbocycles. The van der Waals surface area contributed by atoms with E-state index in [9.17, 15) is 18.0 Å². The van der Waals surface area contributed by atoms with E-state index in [1.165, 1.54) is 17.0 Å². The van der Waals surface area contributed by atoms with E-state index < -0.39 is 11.7 Å². The van der Waals surface area contributed by atoms with Gasteiger partial charge in [0.2, 0.25) is 5.95 Å². The normalized spacial score (nSPS) is 13.2. The Morgan fingerprint density at radius 3 is 2.44 bits per heavy atom. The standard InChI is InChI=1S/C26H19BrF3N5O/c1-34-21-8-3-2-7-20(21)24(36)35(15-16-9-11-17(12-10-16)26(28,29)30)22-14-31-25(33-23(22)34)32-19-6-4-5-18(27)13-19/h2-14H,15H2,1H3,(H,31,32,33). The highest BCUT2D eigenvalue weighted by Crippen LogP contribution is 2.39. The van der Waals surface area contributed by atoms with E-state index in [0.717, 1.165) is 22.3 Å². The molecule has 4 aromatic rings. The number of hydrogen-bond donors (Lipinski definition) is 1. The molecule has 0 saturated heterocycles. The molecular weight excluding hydrogens is 535 g/mol. The smallest absolute Gasteiger partial charge is 0.327 e. The Morgan fingerprint density at radius 2 is 1.72 bits per heavy atom. The maximum atomic E-state index is 13.6. The molecule has 1 N–H and O–H groups in total. The maximum Gasteiger partial charge on any atom is 0.416 e. The minimum atomic E-state index is -4.43. The average Bonchev–Trinajstić information content (AvgIpc) is 2.94. The van der Waals surface area contributed by atoms with Gasteiger partial charge in [-0.25, -0.2) is 4.98 Å². The lowest BCUT2D eigenvalue weighted by Gasteiger charge is -2.24. The monoisotopic (exact) mass is 553 g/mol. The quantitative estimate of drug-likeness (QED) is 0.297. The molecule has 2 heterocycles. The molecule has 0 unspecified atom stereocenters. The molecule has 1 aliphatic heterocycles. The number of fused-ring (bicyclic) bond motifs is 2. The first kappa shape index (κ1) is 23.8. The fourth-order valence-electron chi connectivity index (χ4n) is 4.01. The molecule has 1 aromatic heterocycles. The van der Waals surface area contributed by atoms with E-state index >= 15 is 0 Å². The van der Waals surface area contributed by atoms with Crippen LogP contribution in [0.15, 0.2) is 83.5 Å². The summed E-state index contributed by atoms with van der Waals surface area (Å²) in [5.41, 5.74) is 2.13. The van der Waals surface area contributed by atoms with Crippen molar-refractivity contribution in [3.63, 3.8) is 0 Å². The first-order valence-electron chi connectivity index (χ1n) is 10.9. The number of para-hydroxylation sites is 1. The summed E-state index contributed by atoms with van der Waals surface area (Å²) in [7, 11) is 1.81. The molecule has 0 radical (unpaired) electrons. The molecule has 0 spiro atoms. The molecule has 6 nitrogen and oxygen atoms in total. The largest absolute Gasteiger partial charge is 0.416 e. The second-order valence-corrected chi connectivity index (χ2v) is 9.12. The van der Waals surface area contributed by atoms with Crippen molar-refractivity contribution in [2.24, 2.45) is 0 Å². The Kier molecular flexibility index (Phi) is 6.13. The summed E-state index contributed by atoms with van der Waals surface area (Å²) in [4.78, 5) is 26.0. The third-order valence-electron chi connectivity index (χ3n) is 5.80. The summed E-state index contributed by atoms with van der Waals surface area (Å²) < 4.78 is 40.0. The van der Waals surface area contributed by atoms with Gasteiger partial charge in [-0.05, 0) is 48.0 Å². The fraction of sp³-hybridized carbons (Fsp3) is 0.115. The van der Waals surface area contributed by atoms with Gasteiger partial charge in [0.1, 0.15) is 5.69 Å². The lowest BCUT2D eigenvalue weighted by molar-refractivity contribution is -0.137. The van der Waals surface area contributed by atoms with Crippen LogP contribution in [-0.4, -0.2) is 22.9 Å². The van der Waals surface area contributed by atoms with Crippen LogP contribution in [0.4, 0.5) is 42.0 Å². The summed E-state index contributed by atoms with van der Waals surface area (Å²) in [6.45, 7) is 0.0495. The second kappa shape index (κ2) is 9.27. The number of anilines is 5. The van der Waals surface area contributed by atoms with Crippen LogP contribution in [0.25, 0.3) is 0 Å². The summed E-state index contributed by atoms with van der Waals surface area (Å²) in [6, 6.07) is 19.4. The van der Waals surface area contributed by atoms with Crippen molar-refractivity contribution in [3.8, 4) is 0 Å². The number of amides is 1. The number of rotatable bonds is 4. The molecule has 3 aromatic carbocycles. The number of carbonyl (C=O) groups excluding carboxylic acids is 1. The first-order valence-corrected chi connectivity index (χ1v) is 11.7. The van der Waals surface area contributed by atoms with Gasteiger partial charge in [-0.1, -0.05) is 46.3 Å². The topological polar surface area (TPSA) is 61.4 Å². The van der Waals surface area contributed by atoms with Crippen molar-refractivity contribution in [1.82, 2.24) is 9.97 Å². The van der Waals surface area contributed by atoms with E-state index in [-0.39, 0.29) is 12.5 Å². The van der Waals surface area contributed by atoms with Gasteiger partial charge in [0, 0.05) is 17.2 Å². The van der Waals surface area contributed by atoms with Gasteiger partial charge in [-0.2, -0.15) is 18.2 Å². The Morgan fingerprint density at radius 1 is 0.972 bits per heavy atom. The minimum Gasteiger partial charge on any atom is -0.327 e. The van der Waals surface area contributed by atoms with Gasteiger partial charge in [0.05, 0.1) is 29.6 Å². The van der Waals surface area contributed by atoms with Crippen molar-refractivity contribution in [2.75, 3.05) is 22.2 Å². The maximum absolute atomic E-state index is 13.6. The van der Waals surface area contributed by atoms with Crippen LogP contribution in [0.3, 0.4) is 0 Å². The van der Waals surface area contributed by atoms with E-state index in [0.29, 0.717) is 34.3 Å². The molecular formula is C26H19BrF3N5O. The van der Waals surface area contributed by atoms with Gasteiger partial charge in [-0.15, -0.1) is 0 Å². The highest BCUT2D eigenvalue weighted by Gasteiger charge is 2.32. The van der Waals surface area contributed by atoms with E-state index in [4.69, 9.17) is 4.98 Å². The van der Waals surface area contributed by atoms with Gasteiger partial charge in [0.25, 0.3) is 5.91 Å². The number of nitrogens with one attached hydrogen (secondary N) is 1. The Bertz CT molecular complexity index is 1440. The van der Waals surface area contributed by atoms with Gasteiger partial charge in [-0.3, -0.25) is 9.69 Å². The number of aromatic nitrogens is 2. The molecule has 1 amide bonds. The number of halogens is 4. The van der Waals surface area contributed by atoms with Crippen LogP contribution < -0.4 is 15.1 Å². The lowest BCUT2D eigenvalue weighted by atomic mass is 10.1. The zero-order valence-electron chi connectivity index (χ0n) is 18.9. The summed E-state index contributed by atoms with van der Waals surface area (Å²) in [5, 5.41) is 3.17. The van der Waals surface area contributed by atoms with Crippen molar-refractivity contribution < 1.29 is 18.0 Å². The SMILES string of the molecule is CN1c2ccccc2C(=O)N(Cc2ccc(C(F)(F)F)cc2)c2cnc(Nc3cccc(Br)c3)nc21. The van der Waals surface area contributed by atoms with Gasteiger partial charge >= 0.3 is 6.18 Å². The van der Waals surface area contributed by atoms with Crippen molar-refractivity contribution in [1.29, 1.82) is 0 Å². The van der Waals surface area contributed by atoms with Crippen molar-refractivity contribution in [2.45, 2.75) is 12.7 Å². The number of carbonyl (C=O) groups is 1. The summed E-state index contributed by atoms with van der Waals surface area (Å²) in [5.74, 6) is 0.514. The molecule has 5 rings (SSSR count). The van der Waals surface area contributed by atoms with Crippen molar-refractivity contribution in [3.05, 3.63) is 100 Å². The number of nitrogens with zero attached hydrogens (tertiary/aromatic N) is 4. The van der Waals surface area contributed by atoms with Crippen molar-refractivity contribution >= 4 is 50.7 Å². The molecule has 10 heteroatoms. The van der Waals surface area contributed by atoms with Crippen LogP contribution in [0.5, 0.6) is 0 Å². The third-order valence-corrected chi connectivity index (χ3v) is 6.30. The molecule has 182 valence electrons. The average molecular weight is 554 g/mol. The Balaban J connectivity index is 1.56. The van der Waals surface area contributed by atoms with Gasteiger partial charge < -0.3 is 10.2 Å². The third kappa shape index (κ3) is 4.64. The fourth-order valence-corrected chi connectivity index (χ4v) is 4.41. The first-order chi connectivity index (χ1) is 17.2. The molecule has 0 fully saturated rings. The molecule has 0 atom stereocenters. The number of alkyl halides is 3. The minimum absolute atomic E-state index is 0.0495. The van der Waals surface area contributed by atoms with Crippen LogP contribution in [0.2, 0.25) is 0 Å². The predicted octanol–water partition coefficient (Wildman–Crippen LogP) is 6.93. The number of hydrogen-bond acceptors (Lipinski definition) is 5. The van der Waals surface area contributed by atoms with Crippen LogP contribution in [0, 0.1) is 0 Å². The highest BCUT2D eigenvalue weighted by atomic mass is 79.9. The molecule has 0 bridgehead atoms. The molecule has 36 heavy (non-hydrogen) atoms. The van der Waals surface area contributed by atoms with Crippen LogP contribution in [-0.2, 0) is 12.7 Å². The zero-order chi connectivity index (χ0) is 25.4. The van der Waals surface area contributed by atoms with Crippen LogP contribution >= 0.6 is 15.9 Å². The summed E-state index contributed by atoms with van der Waals surface area (Å²) >= 11 is 3.44. The molecule has 0 aliphatic carbocycles. The van der Waals surface area contributed by atoms with E-state index in [2.05, 4.69) is 26.2 Å². The Hall–Kier alpha value is -3.92. The summed E-state index contributed by atoms with van der Waals surface area (Å²) in [6.07, 6.45) is -2.89. The second-order valence-electron chi connectivity index (χ2n) is 8.20. The van der Waals surface area contributed by atoms with Crippen LogP contribution in [0.1, 0.15) is 21.5 Å². The Labute approximate surface area is 213 Å². The zero-order valence-corrected chi connectivity index (χ0v) is 20.5. The lowest BCUT2D eigenvalue weighted by Crippen LogP contribution is -2.30. The predicted molar refractivity (Wildman–Crippen MR) is 136 cm³/mol. The van der Waals surface area contributed by atoms with E-state index in [1.807, 2.05) is 48.3 Å². The highest BCUT2D eigenvalue weighted by molar-refractivity contribution is 9.10. The van der Waals surface area contributed by atoms with E-state index in [1.54, 1.807) is 18.3 Å². The van der Waals surface area contributed by atoms with Gasteiger partial charge in [0.15, 0.2) is 5.82 Å². The number of benzene rings is 3.